The highest BCUT2D eigenvalue weighted by Crippen LogP contribution is 2.45. The molecule has 0 aromatic heterocycles. The van der Waals surface area contributed by atoms with Gasteiger partial charge in [-0.25, -0.2) is 4.79 Å². The van der Waals surface area contributed by atoms with Crippen molar-refractivity contribution in [3.05, 3.63) is 60.7 Å². The van der Waals surface area contributed by atoms with Crippen molar-refractivity contribution in [3.8, 4) is 0 Å². The first-order chi connectivity index (χ1) is 21.7. The Hall–Kier alpha value is -1.80. The molecule has 0 saturated carbocycles. The molecular formula is C38H65NO6Si3. The smallest absolute Gasteiger partial charge is 0.412 e. The molecule has 270 valence electrons. The zero-order chi connectivity index (χ0) is 36.7. The summed E-state index contributed by atoms with van der Waals surface area (Å²) < 4.78 is 27.7. The van der Waals surface area contributed by atoms with E-state index in [4.69, 9.17) is 18.0 Å². The molecule has 1 amide bonds. The Morgan fingerprint density at radius 1 is 0.667 bits per heavy atom. The number of rotatable bonds is 9. The molecule has 7 nitrogen and oxygen atoms in total. The second-order valence-electron chi connectivity index (χ2n) is 18.5. The van der Waals surface area contributed by atoms with E-state index in [0.717, 1.165) is 10.4 Å². The third kappa shape index (κ3) is 8.55. The Morgan fingerprint density at radius 2 is 1.06 bits per heavy atom. The topological polar surface area (TPSA) is 77.5 Å². The van der Waals surface area contributed by atoms with Gasteiger partial charge in [0.15, 0.2) is 22.9 Å². The van der Waals surface area contributed by atoms with Crippen LogP contribution in [0.1, 0.15) is 83.1 Å². The van der Waals surface area contributed by atoms with E-state index in [2.05, 4.69) is 137 Å². The van der Waals surface area contributed by atoms with Crippen molar-refractivity contribution in [3.63, 3.8) is 0 Å². The van der Waals surface area contributed by atoms with Gasteiger partial charge in [-0.2, -0.15) is 0 Å². The quantitative estimate of drug-likeness (QED) is 0.264. The molecular weight excluding hydrogens is 651 g/mol. The summed E-state index contributed by atoms with van der Waals surface area (Å²) in [6, 6.07) is 20.3. The van der Waals surface area contributed by atoms with Crippen molar-refractivity contribution in [2.45, 2.75) is 154 Å². The van der Waals surface area contributed by atoms with Crippen molar-refractivity contribution in [2.75, 3.05) is 6.61 Å². The summed E-state index contributed by atoms with van der Waals surface area (Å²) in [7, 11) is -7.91. The van der Waals surface area contributed by atoms with Gasteiger partial charge in [0, 0.05) is 0 Å². The maximum absolute atomic E-state index is 14.2. The lowest BCUT2D eigenvalue weighted by atomic mass is 10.1. The predicted octanol–water partition coefficient (Wildman–Crippen LogP) is 8.28. The number of hydrogen-bond donors (Lipinski definition) is 1. The summed E-state index contributed by atoms with van der Waals surface area (Å²) in [5.41, 5.74) is -0.769. The number of ether oxygens (including phenoxy) is 1. The summed E-state index contributed by atoms with van der Waals surface area (Å²) in [5, 5.41) is 14.0. The number of nitrogens with zero attached hydrogens (tertiary/aromatic N) is 1. The molecule has 4 atom stereocenters. The molecule has 0 radical (unpaired) electrons. The van der Waals surface area contributed by atoms with E-state index in [-0.39, 0.29) is 21.7 Å². The molecule has 1 aliphatic heterocycles. The van der Waals surface area contributed by atoms with Gasteiger partial charge >= 0.3 is 6.09 Å². The molecule has 1 unspecified atom stereocenters. The van der Waals surface area contributed by atoms with Crippen LogP contribution in [0.25, 0.3) is 0 Å². The van der Waals surface area contributed by atoms with E-state index in [0.29, 0.717) is 0 Å². The first kappa shape index (κ1) is 40.6. The maximum atomic E-state index is 14.2. The third-order valence-corrected chi connectivity index (χ3v) is 24.6. The van der Waals surface area contributed by atoms with Gasteiger partial charge in [0.25, 0.3) is 8.32 Å². The Bertz CT molecular complexity index is 1320. The number of amides is 1. The van der Waals surface area contributed by atoms with Crippen molar-refractivity contribution in [1.82, 2.24) is 4.90 Å². The maximum Gasteiger partial charge on any atom is 0.412 e. The lowest BCUT2D eigenvalue weighted by molar-refractivity contribution is -0.0581. The van der Waals surface area contributed by atoms with Gasteiger partial charge in [0.2, 0.25) is 0 Å². The summed E-state index contributed by atoms with van der Waals surface area (Å²) in [6.07, 6.45) is -3.30. The highest BCUT2D eigenvalue weighted by atomic mass is 28.4. The van der Waals surface area contributed by atoms with Crippen LogP contribution < -0.4 is 10.4 Å². The van der Waals surface area contributed by atoms with Gasteiger partial charge in [-0.1, -0.05) is 123 Å². The summed E-state index contributed by atoms with van der Waals surface area (Å²) in [6.45, 7) is 34.3. The molecule has 48 heavy (non-hydrogen) atoms. The minimum atomic E-state index is -3.01. The van der Waals surface area contributed by atoms with E-state index in [1.807, 2.05) is 32.9 Å². The van der Waals surface area contributed by atoms with Gasteiger partial charge in [0.1, 0.15) is 11.7 Å². The molecule has 1 heterocycles. The minimum Gasteiger partial charge on any atom is -0.444 e. The van der Waals surface area contributed by atoms with E-state index >= 15 is 0 Å². The van der Waals surface area contributed by atoms with Gasteiger partial charge in [-0.15, -0.1) is 0 Å². The van der Waals surface area contributed by atoms with Crippen molar-refractivity contribution < 1.29 is 27.9 Å². The summed E-state index contributed by atoms with van der Waals surface area (Å²) >= 11 is 0. The fourth-order valence-electron chi connectivity index (χ4n) is 5.91. The van der Waals surface area contributed by atoms with Crippen molar-refractivity contribution in [2.24, 2.45) is 0 Å². The second-order valence-corrected chi connectivity index (χ2v) is 32.3. The Balaban J connectivity index is 2.28. The lowest BCUT2D eigenvalue weighted by Crippen LogP contribution is -2.67. The highest BCUT2D eigenvalue weighted by molar-refractivity contribution is 6.99. The van der Waals surface area contributed by atoms with Crippen LogP contribution in [0.15, 0.2) is 60.7 Å². The SMILES string of the molecule is CC(C)(C)OC(=O)N1C(O)[C@@H](O[Si](C)(C)C(C)(C)C)[C@H](O[Si](C)(C)C(C)(C)C)[C@H]1CO[Si](c1ccccc1)(c1ccccc1)C(C)(C)C. The van der Waals surface area contributed by atoms with Crippen LogP contribution in [-0.4, -0.2) is 77.7 Å². The Morgan fingerprint density at radius 3 is 1.42 bits per heavy atom. The first-order valence-electron chi connectivity index (χ1n) is 17.5. The number of hydrogen-bond acceptors (Lipinski definition) is 6. The molecule has 0 aliphatic carbocycles. The van der Waals surface area contributed by atoms with Crippen LogP contribution in [0.4, 0.5) is 4.79 Å². The number of carbonyl (C=O) groups excluding carboxylic acids is 1. The minimum absolute atomic E-state index is 0.123. The summed E-state index contributed by atoms with van der Waals surface area (Å²) in [4.78, 5) is 15.6. The largest absolute Gasteiger partial charge is 0.444 e. The number of aliphatic hydroxyl groups is 1. The standard InChI is InChI=1S/C38H65NO6Si3/c1-35(2,3)43-34(41)39-30(27-42-48(38(10,11)12,28-23-19-17-20-24-28)29-25-21-18-22-26-29)31(44-46(13,14)36(4,5)6)32(33(39)40)45-47(15,16)37(7,8)9/h17-26,30-33,40H,27H2,1-16H3/t30-,31-,32+,33?/m1/s1. The van der Waals surface area contributed by atoms with Crippen LogP contribution in [-0.2, 0) is 18.0 Å². The molecule has 1 fully saturated rings. The average Bonchev–Trinajstić information content (AvgIpc) is 3.16. The molecule has 0 bridgehead atoms. The molecule has 0 spiro atoms. The van der Waals surface area contributed by atoms with Crippen LogP contribution in [0.3, 0.4) is 0 Å². The number of aliphatic hydroxyl groups excluding tert-OH is 1. The zero-order valence-electron chi connectivity index (χ0n) is 32.7. The van der Waals surface area contributed by atoms with Gasteiger partial charge < -0.3 is 23.1 Å². The second kappa shape index (κ2) is 14.1. The van der Waals surface area contributed by atoms with E-state index in [1.54, 1.807) is 0 Å². The van der Waals surface area contributed by atoms with Crippen molar-refractivity contribution in [1.29, 1.82) is 0 Å². The van der Waals surface area contributed by atoms with Crippen LogP contribution in [0.2, 0.25) is 41.3 Å². The number of carbonyl (C=O) groups is 1. The molecule has 1 N–H and O–H groups in total. The predicted molar refractivity (Wildman–Crippen MR) is 206 cm³/mol. The van der Waals surface area contributed by atoms with Gasteiger partial charge in [0.05, 0.1) is 18.8 Å². The van der Waals surface area contributed by atoms with Crippen LogP contribution >= 0.6 is 0 Å². The Kier molecular flexibility index (Phi) is 11.9. The van der Waals surface area contributed by atoms with E-state index in [1.165, 1.54) is 4.90 Å². The Labute approximate surface area is 295 Å². The lowest BCUT2D eigenvalue weighted by Gasteiger charge is -2.46. The molecule has 1 saturated heterocycles. The van der Waals surface area contributed by atoms with Gasteiger partial charge in [-0.3, -0.25) is 4.90 Å². The van der Waals surface area contributed by atoms with Crippen molar-refractivity contribution >= 4 is 41.4 Å². The first-order valence-corrected chi connectivity index (χ1v) is 25.2. The highest BCUT2D eigenvalue weighted by Gasteiger charge is 2.59. The van der Waals surface area contributed by atoms with Crippen LogP contribution in [0, 0.1) is 0 Å². The zero-order valence-corrected chi connectivity index (χ0v) is 35.7. The average molecular weight is 716 g/mol. The number of likely N-dealkylation sites (tertiary alicyclic amines) is 1. The van der Waals surface area contributed by atoms with Gasteiger partial charge in [-0.05, 0) is 72.4 Å². The molecule has 1 aliphatic rings. The fraction of sp³-hybridized carbons (Fsp3) is 0.658. The molecule has 3 rings (SSSR count). The number of benzene rings is 2. The van der Waals surface area contributed by atoms with E-state index < -0.39 is 61.1 Å². The van der Waals surface area contributed by atoms with E-state index in [9.17, 15) is 9.90 Å². The molecule has 2 aromatic carbocycles. The normalized spacial score (nSPS) is 21.8. The molecule has 10 heteroatoms. The fourth-order valence-corrected chi connectivity index (χ4v) is 13.1. The third-order valence-electron chi connectivity index (χ3n) is 10.6. The van der Waals surface area contributed by atoms with Crippen LogP contribution in [0.5, 0.6) is 0 Å². The summed E-state index contributed by atoms with van der Waals surface area (Å²) in [5.74, 6) is 0. The molecule has 2 aromatic rings. The monoisotopic (exact) mass is 715 g/mol.